The molecule has 0 spiro atoms. The lowest BCUT2D eigenvalue weighted by Crippen LogP contribution is -2.50. The van der Waals surface area contributed by atoms with Crippen molar-refractivity contribution in [2.75, 3.05) is 50.6 Å². The van der Waals surface area contributed by atoms with Gasteiger partial charge in [0.25, 0.3) is 5.91 Å². The van der Waals surface area contributed by atoms with Crippen LogP contribution in [-0.4, -0.2) is 67.9 Å². The number of thiazole rings is 1. The number of hydrogen-bond donors (Lipinski definition) is 1. The number of ether oxygens (including phenoxy) is 3. The summed E-state index contributed by atoms with van der Waals surface area (Å²) < 4.78 is 17.0. The number of aromatic nitrogens is 1. The minimum absolute atomic E-state index is 0.222. The SMILES string of the molecule is COc1ccc(NC(=O)c2ccc3nc(N4CCN(C(=O)OC(C)(C)C)CC4)sc3c2)cc1OC. The van der Waals surface area contributed by atoms with Gasteiger partial charge in [0.1, 0.15) is 5.60 Å². The van der Waals surface area contributed by atoms with Gasteiger partial charge in [0, 0.05) is 43.5 Å². The highest BCUT2D eigenvalue weighted by atomic mass is 32.1. The van der Waals surface area contributed by atoms with Crippen LogP contribution in [-0.2, 0) is 4.74 Å². The molecule has 4 rings (SSSR count). The quantitative estimate of drug-likeness (QED) is 0.549. The number of carbonyl (C=O) groups excluding carboxylic acids is 2. The molecule has 2 amide bonds. The number of nitrogens with one attached hydrogen (secondary N) is 1. The number of benzene rings is 2. The predicted octanol–water partition coefficient (Wildman–Crippen LogP) is 4.62. The molecule has 0 aliphatic carbocycles. The standard InChI is InChI=1S/C25H30N4O5S/c1-25(2,3)34-24(31)29-12-10-28(11-13-29)23-27-18-8-6-16(14-21(18)35-23)22(30)26-17-7-9-19(32-4)20(15-17)33-5/h6-9,14-15H,10-13H2,1-5H3,(H,26,30). The zero-order valence-corrected chi connectivity index (χ0v) is 21.4. The van der Waals surface area contributed by atoms with Crippen LogP contribution in [0, 0.1) is 0 Å². The van der Waals surface area contributed by atoms with E-state index in [1.165, 1.54) is 11.3 Å². The lowest BCUT2D eigenvalue weighted by atomic mass is 10.2. The lowest BCUT2D eigenvalue weighted by Gasteiger charge is -2.35. The van der Waals surface area contributed by atoms with E-state index in [0.29, 0.717) is 48.9 Å². The summed E-state index contributed by atoms with van der Waals surface area (Å²) in [4.78, 5) is 33.8. The average molecular weight is 499 g/mol. The summed E-state index contributed by atoms with van der Waals surface area (Å²) in [6.07, 6.45) is -0.286. The molecule has 0 radical (unpaired) electrons. The second-order valence-electron chi connectivity index (χ2n) is 9.16. The molecule has 1 saturated heterocycles. The number of nitrogens with zero attached hydrogens (tertiary/aromatic N) is 3. The van der Waals surface area contributed by atoms with Crippen LogP contribution in [0.2, 0.25) is 0 Å². The van der Waals surface area contributed by atoms with Crippen molar-refractivity contribution in [3.05, 3.63) is 42.0 Å². The predicted molar refractivity (Wildman–Crippen MR) is 137 cm³/mol. The normalized spacial score (nSPS) is 14.1. The topological polar surface area (TPSA) is 93.2 Å². The summed E-state index contributed by atoms with van der Waals surface area (Å²) in [5.74, 6) is 0.913. The van der Waals surface area contributed by atoms with Gasteiger partial charge in [-0.05, 0) is 51.1 Å². The Kier molecular flexibility index (Phi) is 7.02. The second kappa shape index (κ2) is 9.99. The Morgan fingerprint density at radius 2 is 1.69 bits per heavy atom. The van der Waals surface area contributed by atoms with E-state index in [2.05, 4.69) is 10.2 Å². The van der Waals surface area contributed by atoms with Crippen molar-refractivity contribution in [2.45, 2.75) is 26.4 Å². The Labute approximate surface area is 208 Å². The monoisotopic (exact) mass is 498 g/mol. The van der Waals surface area contributed by atoms with Gasteiger partial charge in [-0.3, -0.25) is 4.79 Å². The minimum Gasteiger partial charge on any atom is -0.493 e. The summed E-state index contributed by atoms with van der Waals surface area (Å²) >= 11 is 1.54. The Bertz CT molecular complexity index is 1230. The van der Waals surface area contributed by atoms with Crippen LogP contribution in [0.3, 0.4) is 0 Å². The molecule has 9 nitrogen and oxygen atoms in total. The van der Waals surface area contributed by atoms with Gasteiger partial charge in [-0.25, -0.2) is 9.78 Å². The number of amides is 2. The molecule has 3 aromatic rings. The Hall–Kier alpha value is -3.53. The highest BCUT2D eigenvalue weighted by Crippen LogP contribution is 2.32. The van der Waals surface area contributed by atoms with E-state index in [0.717, 1.165) is 15.3 Å². The van der Waals surface area contributed by atoms with Crippen LogP contribution in [0.4, 0.5) is 15.6 Å². The van der Waals surface area contributed by atoms with E-state index in [1.807, 2.05) is 32.9 Å². The molecule has 0 saturated carbocycles. The van der Waals surface area contributed by atoms with Crippen LogP contribution in [0.25, 0.3) is 10.2 Å². The number of rotatable bonds is 5. The third kappa shape index (κ3) is 5.76. The van der Waals surface area contributed by atoms with E-state index < -0.39 is 5.60 Å². The van der Waals surface area contributed by atoms with E-state index in [1.54, 1.807) is 43.4 Å². The summed E-state index contributed by atoms with van der Waals surface area (Å²) in [5.41, 5.74) is 1.48. The first-order chi connectivity index (χ1) is 16.7. The maximum atomic E-state index is 12.9. The summed E-state index contributed by atoms with van der Waals surface area (Å²) in [6, 6.07) is 10.7. The van der Waals surface area contributed by atoms with Crippen LogP contribution in [0.1, 0.15) is 31.1 Å². The third-order valence-electron chi connectivity index (χ3n) is 5.48. The van der Waals surface area contributed by atoms with Crippen molar-refractivity contribution < 1.29 is 23.8 Å². The summed E-state index contributed by atoms with van der Waals surface area (Å²) in [5, 5.41) is 3.78. The van der Waals surface area contributed by atoms with E-state index in [9.17, 15) is 9.59 Å². The highest BCUT2D eigenvalue weighted by molar-refractivity contribution is 7.22. The van der Waals surface area contributed by atoms with Crippen LogP contribution >= 0.6 is 11.3 Å². The number of piperazine rings is 1. The van der Waals surface area contributed by atoms with Crippen LogP contribution in [0.15, 0.2) is 36.4 Å². The Morgan fingerprint density at radius 1 is 0.971 bits per heavy atom. The van der Waals surface area contributed by atoms with Gasteiger partial charge in [-0.2, -0.15) is 0 Å². The first-order valence-corrected chi connectivity index (χ1v) is 12.2. The number of fused-ring (bicyclic) bond motifs is 1. The van der Waals surface area contributed by atoms with Gasteiger partial charge in [0.15, 0.2) is 16.6 Å². The molecular weight excluding hydrogens is 468 g/mol. The molecule has 2 heterocycles. The van der Waals surface area contributed by atoms with Crippen molar-refractivity contribution in [2.24, 2.45) is 0 Å². The van der Waals surface area contributed by atoms with Crippen LogP contribution < -0.4 is 19.7 Å². The lowest BCUT2D eigenvalue weighted by molar-refractivity contribution is 0.0240. The van der Waals surface area contributed by atoms with E-state index in [4.69, 9.17) is 19.2 Å². The van der Waals surface area contributed by atoms with Crippen molar-refractivity contribution in [1.82, 2.24) is 9.88 Å². The zero-order valence-electron chi connectivity index (χ0n) is 20.6. The van der Waals surface area contributed by atoms with Gasteiger partial charge >= 0.3 is 6.09 Å². The molecule has 1 fully saturated rings. The average Bonchev–Trinajstić information content (AvgIpc) is 3.26. The second-order valence-corrected chi connectivity index (χ2v) is 10.2. The molecule has 0 bridgehead atoms. The molecule has 10 heteroatoms. The molecule has 1 aliphatic rings. The first kappa shape index (κ1) is 24.6. The molecular formula is C25H30N4O5S. The highest BCUT2D eigenvalue weighted by Gasteiger charge is 2.27. The van der Waals surface area contributed by atoms with Crippen LogP contribution in [0.5, 0.6) is 11.5 Å². The number of hydrogen-bond acceptors (Lipinski definition) is 8. The molecule has 35 heavy (non-hydrogen) atoms. The van der Waals surface area contributed by atoms with Gasteiger partial charge in [-0.15, -0.1) is 0 Å². The van der Waals surface area contributed by atoms with E-state index >= 15 is 0 Å². The summed E-state index contributed by atoms with van der Waals surface area (Å²) in [7, 11) is 3.12. The molecule has 1 aliphatic heterocycles. The number of anilines is 2. The maximum absolute atomic E-state index is 12.9. The molecule has 1 aromatic heterocycles. The molecule has 1 N–H and O–H groups in total. The van der Waals surface area contributed by atoms with Crippen molar-refractivity contribution in [3.8, 4) is 11.5 Å². The third-order valence-corrected chi connectivity index (χ3v) is 6.56. The van der Waals surface area contributed by atoms with Gasteiger partial charge < -0.3 is 29.3 Å². The molecule has 2 aromatic carbocycles. The Morgan fingerprint density at radius 3 is 2.34 bits per heavy atom. The fraction of sp³-hybridized carbons (Fsp3) is 0.400. The van der Waals surface area contributed by atoms with Gasteiger partial charge in [0.05, 0.1) is 24.4 Å². The van der Waals surface area contributed by atoms with E-state index in [-0.39, 0.29) is 12.0 Å². The fourth-order valence-electron chi connectivity index (χ4n) is 3.71. The molecule has 0 unspecified atom stereocenters. The first-order valence-electron chi connectivity index (χ1n) is 11.3. The maximum Gasteiger partial charge on any atom is 0.410 e. The van der Waals surface area contributed by atoms with Crippen molar-refractivity contribution in [1.29, 1.82) is 0 Å². The van der Waals surface area contributed by atoms with Crippen molar-refractivity contribution >= 4 is 44.4 Å². The molecule has 0 atom stereocenters. The molecule has 186 valence electrons. The van der Waals surface area contributed by atoms with Gasteiger partial charge in [0.2, 0.25) is 0 Å². The summed E-state index contributed by atoms with van der Waals surface area (Å²) in [6.45, 7) is 8.09. The Balaban J connectivity index is 1.42. The van der Waals surface area contributed by atoms with Crippen molar-refractivity contribution in [3.63, 3.8) is 0 Å². The number of methoxy groups -OCH3 is 2. The zero-order chi connectivity index (χ0) is 25.2. The minimum atomic E-state index is -0.509. The van der Waals surface area contributed by atoms with Gasteiger partial charge in [-0.1, -0.05) is 11.3 Å². The fourth-order valence-corrected chi connectivity index (χ4v) is 4.77. The largest absolute Gasteiger partial charge is 0.493 e. The number of carbonyl (C=O) groups is 2. The smallest absolute Gasteiger partial charge is 0.410 e.